The molecular formula is C34H34O5S. The van der Waals surface area contributed by atoms with Gasteiger partial charge >= 0.3 is 0 Å². The molecule has 0 spiro atoms. The summed E-state index contributed by atoms with van der Waals surface area (Å²) in [7, 11) is 0. The van der Waals surface area contributed by atoms with E-state index in [4.69, 9.17) is 23.7 Å². The van der Waals surface area contributed by atoms with Gasteiger partial charge in [-0.25, -0.2) is 0 Å². The molecule has 0 unspecified atom stereocenters. The fourth-order valence-corrected chi connectivity index (χ4v) is 6.33. The number of hydrogen-bond acceptors (Lipinski definition) is 6. The van der Waals surface area contributed by atoms with Crippen LogP contribution in [0.2, 0.25) is 0 Å². The fraction of sp³-hybridized carbons (Fsp3) is 0.294. The third-order valence-electron chi connectivity index (χ3n) is 7.20. The second kappa shape index (κ2) is 13.6. The summed E-state index contributed by atoms with van der Waals surface area (Å²) in [5.74, 6) is 0. The lowest BCUT2D eigenvalue weighted by Gasteiger charge is -2.49. The summed E-state index contributed by atoms with van der Waals surface area (Å²) in [4.78, 5) is 1.12. The number of rotatable bonds is 10. The molecule has 2 aliphatic heterocycles. The van der Waals surface area contributed by atoms with Crippen molar-refractivity contribution in [1.29, 1.82) is 0 Å². The molecule has 6 rings (SSSR count). The predicted molar refractivity (Wildman–Crippen MR) is 156 cm³/mol. The average molecular weight is 555 g/mol. The quantitative estimate of drug-likeness (QED) is 0.214. The SMILES string of the molecule is c1ccc(COC[C@H]2O[C@H](Sc3ccccc3)[C@H]3OC[C@H](c4ccccc4)O[C@H]3[C@@H]2OCc2ccccc2)cc1. The number of ether oxygens (including phenoxy) is 5. The maximum absolute atomic E-state index is 6.84. The lowest BCUT2D eigenvalue weighted by atomic mass is 9.97. The van der Waals surface area contributed by atoms with Gasteiger partial charge in [0, 0.05) is 4.90 Å². The zero-order valence-corrected chi connectivity index (χ0v) is 23.1. The average Bonchev–Trinajstić information content (AvgIpc) is 3.02. The lowest BCUT2D eigenvalue weighted by Crippen LogP contribution is -2.62. The van der Waals surface area contributed by atoms with Crippen molar-refractivity contribution >= 4 is 11.8 Å². The van der Waals surface area contributed by atoms with Gasteiger partial charge < -0.3 is 23.7 Å². The van der Waals surface area contributed by atoms with Crippen LogP contribution in [0.5, 0.6) is 0 Å². The minimum atomic E-state index is -0.375. The van der Waals surface area contributed by atoms with Crippen molar-refractivity contribution in [3.63, 3.8) is 0 Å². The van der Waals surface area contributed by atoms with Crippen LogP contribution < -0.4 is 0 Å². The molecule has 6 atom stereocenters. The maximum atomic E-state index is 6.84. The Morgan fingerprint density at radius 3 is 1.93 bits per heavy atom. The number of hydrogen-bond donors (Lipinski definition) is 0. The zero-order chi connectivity index (χ0) is 27.0. The van der Waals surface area contributed by atoms with Crippen molar-refractivity contribution < 1.29 is 23.7 Å². The first kappa shape index (κ1) is 27.2. The van der Waals surface area contributed by atoms with Crippen LogP contribution >= 0.6 is 11.8 Å². The van der Waals surface area contributed by atoms with Gasteiger partial charge in [0.1, 0.15) is 36.0 Å². The third kappa shape index (κ3) is 6.84. The molecule has 4 aromatic rings. The van der Waals surface area contributed by atoms with E-state index >= 15 is 0 Å². The Kier molecular flexibility index (Phi) is 9.25. The molecule has 40 heavy (non-hydrogen) atoms. The highest BCUT2D eigenvalue weighted by atomic mass is 32.2. The monoisotopic (exact) mass is 554 g/mol. The van der Waals surface area contributed by atoms with Gasteiger partial charge in [-0.05, 0) is 28.8 Å². The third-order valence-corrected chi connectivity index (χ3v) is 8.35. The van der Waals surface area contributed by atoms with Gasteiger partial charge in [-0.15, -0.1) is 0 Å². The minimum absolute atomic E-state index is 0.184. The lowest BCUT2D eigenvalue weighted by molar-refractivity contribution is -0.294. The largest absolute Gasteiger partial charge is 0.374 e. The molecular weight excluding hydrogens is 520 g/mol. The molecule has 5 nitrogen and oxygen atoms in total. The van der Waals surface area contributed by atoms with Crippen molar-refractivity contribution in [3.05, 3.63) is 138 Å². The molecule has 0 aromatic heterocycles. The molecule has 0 saturated carbocycles. The van der Waals surface area contributed by atoms with Gasteiger partial charge in [0.05, 0.1) is 26.4 Å². The van der Waals surface area contributed by atoms with E-state index in [2.05, 4.69) is 48.5 Å². The Balaban J connectivity index is 1.26. The van der Waals surface area contributed by atoms with Crippen LogP contribution in [0.3, 0.4) is 0 Å². The summed E-state index contributed by atoms with van der Waals surface area (Å²) in [5, 5.41) is 0. The Labute approximate surface area is 240 Å². The minimum Gasteiger partial charge on any atom is -0.374 e. The van der Waals surface area contributed by atoms with Gasteiger partial charge in [0.15, 0.2) is 0 Å². The van der Waals surface area contributed by atoms with Crippen LogP contribution in [-0.4, -0.2) is 43.1 Å². The van der Waals surface area contributed by atoms with Crippen molar-refractivity contribution in [2.24, 2.45) is 0 Å². The number of fused-ring (bicyclic) bond motifs is 1. The first-order valence-electron chi connectivity index (χ1n) is 13.8. The molecule has 0 amide bonds. The topological polar surface area (TPSA) is 46.2 Å². The van der Waals surface area contributed by atoms with Crippen LogP contribution in [0.15, 0.2) is 126 Å². The Bertz CT molecular complexity index is 1290. The zero-order valence-electron chi connectivity index (χ0n) is 22.3. The van der Waals surface area contributed by atoms with Crippen molar-refractivity contribution in [1.82, 2.24) is 0 Å². The smallest absolute Gasteiger partial charge is 0.137 e. The van der Waals surface area contributed by atoms with Crippen molar-refractivity contribution in [3.8, 4) is 0 Å². The summed E-state index contributed by atoms with van der Waals surface area (Å²) in [6.45, 7) is 1.79. The first-order chi connectivity index (χ1) is 19.8. The van der Waals surface area contributed by atoms with Crippen LogP contribution in [0.4, 0.5) is 0 Å². The van der Waals surface area contributed by atoms with Crippen LogP contribution in [0.25, 0.3) is 0 Å². The van der Waals surface area contributed by atoms with Gasteiger partial charge in [-0.1, -0.05) is 121 Å². The molecule has 6 heteroatoms. The Hall–Kier alpha value is -2.97. The van der Waals surface area contributed by atoms with E-state index in [-0.39, 0.29) is 36.0 Å². The summed E-state index contributed by atoms with van der Waals surface area (Å²) >= 11 is 1.66. The molecule has 2 heterocycles. The standard InChI is InChI=1S/C34H34O5S/c1-5-13-25(14-6-1)21-35-23-30-31(36-22-26-15-7-2-8-16-26)32-33(34(39-30)40-28-19-11-4-12-20-28)37-24-29(38-32)27-17-9-3-10-18-27/h1-20,29-34H,21-24H2/t29-,30-,31-,32+,33+,34-/m1/s1. The highest BCUT2D eigenvalue weighted by Crippen LogP contribution is 2.41. The number of thioether (sulfide) groups is 1. The van der Waals surface area contributed by atoms with E-state index in [1.807, 2.05) is 72.8 Å². The molecule has 0 radical (unpaired) electrons. The molecule has 0 N–H and O–H groups in total. The molecule has 4 aromatic carbocycles. The summed E-state index contributed by atoms with van der Waals surface area (Å²) in [6.07, 6.45) is -1.52. The highest BCUT2D eigenvalue weighted by Gasteiger charge is 2.51. The van der Waals surface area contributed by atoms with Crippen molar-refractivity contribution in [2.75, 3.05) is 13.2 Å². The van der Waals surface area contributed by atoms with E-state index < -0.39 is 0 Å². The van der Waals surface area contributed by atoms with Crippen molar-refractivity contribution in [2.45, 2.75) is 54.1 Å². The van der Waals surface area contributed by atoms with Crippen LogP contribution in [0.1, 0.15) is 22.8 Å². The summed E-state index contributed by atoms with van der Waals surface area (Å²) < 4.78 is 33.0. The first-order valence-corrected chi connectivity index (χ1v) is 14.7. The molecule has 2 aliphatic rings. The fourth-order valence-electron chi connectivity index (χ4n) is 5.18. The van der Waals surface area contributed by atoms with Gasteiger partial charge in [-0.3, -0.25) is 0 Å². The number of benzene rings is 4. The molecule has 2 fully saturated rings. The van der Waals surface area contributed by atoms with E-state index in [0.717, 1.165) is 21.6 Å². The van der Waals surface area contributed by atoms with Crippen LogP contribution in [0, 0.1) is 0 Å². The van der Waals surface area contributed by atoms with E-state index in [0.29, 0.717) is 26.4 Å². The van der Waals surface area contributed by atoms with E-state index in [1.54, 1.807) is 11.8 Å². The second-order valence-corrected chi connectivity index (χ2v) is 11.2. The summed E-state index contributed by atoms with van der Waals surface area (Å²) in [5.41, 5.74) is 3.04. The van der Waals surface area contributed by atoms with E-state index in [9.17, 15) is 0 Å². The predicted octanol–water partition coefficient (Wildman–Crippen LogP) is 6.83. The molecule has 0 bridgehead atoms. The maximum Gasteiger partial charge on any atom is 0.137 e. The molecule has 2 saturated heterocycles. The Morgan fingerprint density at radius 1 is 0.650 bits per heavy atom. The van der Waals surface area contributed by atoms with E-state index in [1.165, 1.54) is 0 Å². The normalized spacial score (nSPS) is 26.2. The van der Waals surface area contributed by atoms with Gasteiger partial charge in [0.2, 0.25) is 0 Å². The van der Waals surface area contributed by atoms with Crippen LogP contribution in [-0.2, 0) is 36.9 Å². The van der Waals surface area contributed by atoms with Gasteiger partial charge in [-0.2, -0.15) is 0 Å². The molecule has 206 valence electrons. The highest BCUT2D eigenvalue weighted by molar-refractivity contribution is 7.99. The second-order valence-electron chi connectivity index (χ2n) is 10.0. The Morgan fingerprint density at radius 2 is 1.25 bits per heavy atom. The molecule has 0 aliphatic carbocycles. The summed E-state index contributed by atoms with van der Waals surface area (Å²) in [6, 6.07) is 40.9. The van der Waals surface area contributed by atoms with Gasteiger partial charge in [0.25, 0.3) is 0 Å².